The molecule has 3 unspecified atom stereocenters. The van der Waals surface area contributed by atoms with E-state index in [0.717, 1.165) is 6.42 Å². The fourth-order valence-electron chi connectivity index (χ4n) is 3.70. The minimum absolute atomic E-state index is 0.0419. The van der Waals surface area contributed by atoms with Crippen molar-refractivity contribution in [1.82, 2.24) is 14.5 Å². The van der Waals surface area contributed by atoms with Gasteiger partial charge in [0, 0.05) is 43.4 Å². The highest BCUT2D eigenvalue weighted by atomic mass is 19.1. The highest BCUT2D eigenvalue weighted by Gasteiger charge is 2.62. The van der Waals surface area contributed by atoms with Gasteiger partial charge in [-0.2, -0.15) is 0 Å². The van der Waals surface area contributed by atoms with Crippen LogP contribution in [0.15, 0.2) is 36.7 Å². The number of hydrogen-bond donors (Lipinski definition) is 2. The lowest BCUT2D eigenvalue weighted by Gasteiger charge is -2.24. The molecule has 1 aromatic carbocycles. The summed E-state index contributed by atoms with van der Waals surface area (Å²) < 4.78 is 15.8. The number of piperidine rings is 1. The molecule has 1 aliphatic heterocycles. The zero-order valence-electron chi connectivity index (χ0n) is 15.0. The third-order valence-corrected chi connectivity index (χ3v) is 5.39. The number of carbonyl (C=O) groups is 1. The van der Waals surface area contributed by atoms with Gasteiger partial charge < -0.3 is 20.3 Å². The third kappa shape index (κ3) is 2.61. The zero-order chi connectivity index (χ0) is 19.5. The number of nitrogens with two attached hydrogens (primary N) is 1. The van der Waals surface area contributed by atoms with E-state index in [0.29, 0.717) is 23.0 Å². The molecule has 1 saturated carbocycles. The van der Waals surface area contributed by atoms with Crippen LogP contribution >= 0.6 is 0 Å². The van der Waals surface area contributed by atoms with Crippen molar-refractivity contribution in [2.75, 3.05) is 7.05 Å². The van der Waals surface area contributed by atoms with E-state index in [1.807, 2.05) is 11.9 Å². The first kappa shape index (κ1) is 17.3. The van der Waals surface area contributed by atoms with Crippen LogP contribution in [0, 0.1) is 23.6 Å². The van der Waals surface area contributed by atoms with Crippen LogP contribution in [-0.4, -0.2) is 44.2 Å². The number of aliphatic hydroxyl groups is 1. The molecule has 6 nitrogen and oxygen atoms in total. The Morgan fingerprint density at radius 3 is 2.81 bits per heavy atom. The fourth-order valence-corrected chi connectivity index (χ4v) is 3.70. The molecular formula is C20H19FN4O2. The summed E-state index contributed by atoms with van der Waals surface area (Å²) in [6.45, 7) is 3.95. The number of aromatic nitrogens is 2. The van der Waals surface area contributed by atoms with Gasteiger partial charge in [0.2, 0.25) is 0 Å². The molecular weight excluding hydrogens is 347 g/mol. The highest BCUT2D eigenvalue weighted by Crippen LogP contribution is 2.54. The number of amides is 1. The number of hydrogen-bond acceptors (Lipinski definition) is 4. The molecule has 4 rings (SSSR count). The molecule has 1 aliphatic carbocycles. The smallest absolute Gasteiger partial charge is 0.284 e. The van der Waals surface area contributed by atoms with Crippen molar-refractivity contribution in [3.63, 3.8) is 0 Å². The van der Waals surface area contributed by atoms with Crippen LogP contribution in [0.4, 0.5) is 4.39 Å². The summed E-state index contributed by atoms with van der Waals surface area (Å²) in [5.41, 5.74) is 5.64. The first-order valence-electron chi connectivity index (χ1n) is 8.53. The molecule has 1 aromatic heterocycles. The standard InChI is InChI=1S/C20H19FN4O2/c1-11-20(27,14-9-17(14)25(11)3)7-6-12-4-5-15(21)13(8-12)16-10-24(2)19(23-16)18(22)26/h4-5,8,10,14,17,27H,1,9H2,2-3H3,(H2,22,26). The summed E-state index contributed by atoms with van der Waals surface area (Å²) >= 11 is 0. The van der Waals surface area contributed by atoms with Crippen LogP contribution in [0.25, 0.3) is 11.3 Å². The quantitative estimate of drug-likeness (QED) is 0.784. The van der Waals surface area contributed by atoms with E-state index in [1.165, 1.54) is 16.8 Å². The van der Waals surface area contributed by atoms with E-state index >= 15 is 0 Å². The Kier molecular flexibility index (Phi) is 3.65. The number of primary amides is 1. The first-order chi connectivity index (χ1) is 12.7. The van der Waals surface area contributed by atoms with Crippen molar-refractivity contribution in [3.05, 3.63) is 53.9 Å². The summed E-state index contributed by atoms with van der Waals surface area (Å²) in [5.74, 6) is 4.79. The molecule has 138 valence electrons. The molecule has 2 heterocycles. The molecule has 0 spiro atoms. The summed E-state index contributed by atoms with van der Waals surface area (Å²) in [5, 5.41) is 10.9. The second kappa shape index (κ2) is 5.69. The molecule has 2 aliphatic rings. The number of aryl methyl sites for hydroxylation is 1. The van der Waals surface area contributed by atoms with Crippen molar-refractivity contribution in [1.29, 1.82) is 0 Å². The van der Waals surface area contributed by atoms with E-state index in [-0.39, 0.29) is 17.3 Å². The number of carbonyl (C=O) groups excluding carboxylic acids is 1. The minimum Gasteiger partial charge on any atom is -0.372 e. The Morgan fingerprint density at radius 2 is 2.22 bits per heavy atom. The molecule has 3 N–H and O–H groups in total. The normalized spacial score (nSPS) is 25.8. The second-order valence-corrected chi connectivity index (χ2v) is 7.10. The maximum absolute atomic E-state index is 14.3. The van der Waals surface area contributed by atoms with Crippen molar-refractivity contribution in [3.8, 4) is 23.1 Å². The van der Waals surface area contributed by atoms with Crippen molar-refractivity contribution in [2.24, 2.45) is 18.7 Å². The second-order valence-electron chi connectivity index (χ2n) is 7.10. The Labute approximate surface area is 156 Å². The van der Waals surface area contributed by atoms with E-state index in [9.17, 15) is 14.3 Å². The Balaban J connectivity index is 1.70. The number of fused-ring (bicyclic) bond motifs is 1. The number of halogens is 1. The fraction of sp³-hybridized carbons (Fsp3) is 0.300. The van der Waals surface area contributed by atoms with Gasteiger partial charge in [-0.25, -0.2) is 9.37 Å². The van der Waals surface area contributed by atoms with Crippen LogP contribution in [0.3, 0.4) is 0 Å². The van der Waals surface area contributed by atoms with Crippen molar-refractivity contribution < 1.29 is 14.3 Å². The van der Waals surface area contributed by atoms with Gasteiger partial charge in [-0.3, -0.25) is 4.79 Å². The summed E-state index contributed by atoms with van der Waals surface area (Å²) in [6.07, 6.45) is 2.42. The average Bonchev–Trinajstić information content (AvgIpc) is 3.31. The van der Waals surface area contributed by atoms with Crippen molar-refractivity contribution >= 4 is 5.91 Å². The van der Waals surface area contributed by atoms with Gasteiger partial charge in [0.05, 0.1) is 11.4 Å². The Hall–Kier alpha value is -3.11. The van der Waals surface area contributed by atoms with E-state index in [2.05, 4.69) is 23.4 Å². The van der Waals surface area contributed by atoms with Gasteiger partial charge in [0.15, 0.2) is 11.4 Å². The maximum atomic E-state index is 14.3. The van der Waals surface area contributed by atoms with Crippen LogP contribution in [-0.2, 0) is 7.05 Å². The van der Waals surface area contributed by atoms with Gasteiger partial charge in [-0.05, 0) is 24.6 Å². The average molecular weight is 366 g/mol. The number of rotatable bonds is 2. The molecule has 1 amide bonds. The molecule has 0 radical (unpaired) electrons. The molecule has 2 aromatic rings. The number of imidazole rings is 1. The molecule has 3 atom stereocenters. The summed E-state index contributed by atoms with van der Waals surface area (Å²) in [4.78, 5) is 17.4. The lowest BCUT2D eigenvalue weighted by molar-refractivity contribution is 0.0987. The van der Waals surface area contributed by atoms with Gasteiger partial charge in [0.25, 0.3) is 5.91 Å². The van der Waals surface area contributed by atoms with Crippen LogP contribution in [0.2, 0.25) is 0 Å². The predicted octanol–water partition coefficient (Wildman–Crippen LogP) is 1.26. The van der Waals surface area contributed by atoms with Gasteiger partial charge in [-0.15, -0.1) is 0 Å². The van der Waals surface area contributed by atoms with Gasteiger partial charge in [0.1, 0.15) is 5.82 Å². The summed E-state index contributed by atoms with van der Waals surface area (Å²) in [6, 6.07) is 4.67. The first-order valence-corrected chi connectivity index (χ1v) is 8.53. The van der Waals surface area contributed by atoms with Gasteiger partial charge >= 0.3 is 0 Å². The van der Waals surface area contributed by atoms with Crippen LogP contribution in [0.1, 0.15) is 22.6 Å². The number of likely N-dealkylation sites (N-methyl/N-ethyl adjacent to an activating group) is 1. The molecule has 1 saturated heterocycles. The number of benzene rings is 1. The number of nitrogens with zero attached hydrogens (tertiary/aromatic N) is 3. The van der Waals surface area contributed by atoms with Crippen LogP contribution < -0.4 is 5.73 Å². The van der Waals surface area contributed by atoms with Crippen molar-refractivity contribution in [2.45, 2.75) is 18.1 Å². The van der Waals surface area contributed by atoms with Crippen LogP contribution in [0.5, 0.6) is 0 Å². The maximum Gasteiger partial charge on any atom is 0.284 e. The molecule has 2 fully saturated rings. The predicted molar refractivity (Wildman–Crippen MR) is 97.7 cm³/mol. The minimum atomic E-state index is -1.25. The SMILES string of the molecule is C=C1N(C)C2CC2C1(O)C#Cc1ccc(F)c(-c2cn(C)c(C(N)=O)n2)c1. The van der Waals surface area contributed by atoms with E-state index < -0.39 is 17.3 Å². The monoisotopic (exact) mass is 366 g/mol. The number of likely N-dealkylation sites (tertiary alicyclic amines) is 1. The topological polar surface area (TPSA) is 84.4 Å². The Bertz CT molecular complexity index is 1050. The lowest BCUT2D eigenvalue weighted by Crippen LogP contribution is -2.32. The largest absolute Gasteiger partial charge is 0.372 e. The van der Waals surface area contributed by atoms with E-state index in [4.69, 9.17) is 5.73 Å². The molecule has 0 bridgehead atoms. The summed E-state index contributed by atoms with van der Waals surface area (Å²) in [7, 11) is 3.52. The Morgan fingerprint density at radius 1 is 1.48 bits per heavy atom. The van der Waals surface area contributed by atoms with Gasteiger partial charge in [-0.1, -0.05) is 18.4 Å². The lowest BCUT2D eigenvalue weighted by atomic mass is 9.96. The molecule has 7 heteroatoms. The molecule has 27 heavy (non-hydrogen) atoms. The zero-order valence-corrected chi connectivity index (χ0v) is 15.0. The highest BCUT2D eigenvalue weighted by molar-refractivity contribution is 5.90. The third-order valence-electron chi connectivity index (χ3n) is 5.39. The van der Waals surface area contributed by atoms with E-state index in [1.54, 1.807) is 19.2 Å².